The minimum absolute atomic E-state index is 0.442. The lowest BCUT2D eigenvalue weighted by molar-refractivity contribution is 0.363. The standard InChI is InChI=1S/C22H24N4/c1-15-8-11-21-18(12-15)19(13-23)22(20-10-9-16(24-2)14-25-20)26(21)17-6-4-3-5-7-17/h8-12,14,17,24H,3-7H2,1-2H3. The summed E-state index contributed by atoms with van der Waals surface area (Å²) < 4.78 is 2.40. The largest absolute Gasteiger partial charge is 0.387 e. The van der Waals surface area contributed by atoms with E-state index in [-0.39, 0.29) is 0 Å². The second-order valence-corrected chi connectivity index (χ2v) is 7.20. The molecule has 1 fully saturated rings. The van der Waals surface area contributed by atoms with Crippen molar-refractivity contribution in [2.45, 2.75) is 45.1 Å². The first-order valence-corrected chi connectivity index (χ1v) is 9.41. The minimum Gasteiger partial charge on any atom is -0.387 e. The molecule has 0 bridgehead atoms. The number of nitriles is 1. The molecule has 0 amide bonds. The molecule has 3 aromatic rings. The predicted molar refractivity (Wildman–Crippen MR) is 106 cm³/mol. The second kappa shape index (κ2) is 6.84. The molecule has 2 heterocycles. The van der Waals surface area contributed by atoms with Crippen molar-refractivity contribution < 1.29 is 0 Å². The summed E-state index contributed by atoms with van der Waals surface area (Å²) in [6, 6.07) is 13.4. The van der Waals surface area contributed by atoms with E-state index in [4.69, 9.17) is 0 Å². The molecule has 4 nitrogen and oxygen atoms in total. The van der Waals surface area contributed by atoms with Crippen LogP contribution in [0.25, 0.3) is 22.3 Å². The van der Waals surface area contributed by atoms with Crippen molar-refractivity contribution in [2.75, 3.05) is 12.4 Å². The number of hydrogen-bond acceptors (Lipinski definition) is 3. The third-order valence-electron chi connectivity index (χ3n) is 5.51. The molecule has 1 aliphatic rings. The van der Waals surface area contributed by atoms with Gasteiger partial charge in [-0.2, -0.15) is 5.26 Å². The highest BCUT2D eigenvalue weighted by Crippen LogP contribution is 2.40. The maximum absolute atomic E-state index is 9.98. The zero-order chi connectivity index (χ0) is 18.1. The molecule has 4 rings (SSSR count). The van der Waals surface area contributed by atoms with E-state index < -0.39 is 0 Å². The summed E-state index contributed by atoms with van der Waals surface area (Å²) in [5, 5.41) is 14.1. The van der Waals surface area contributed by atoms with E-state index in [1.807, 2.05) is 25.4 Å². The van der Waals surface area contributed by atoms with Crippen LogP contribution in [0.15, 0.2) is 36.5 Å². The normalized spacial score (nSPS) is 15.1. The molecule has 0 saturated heterocycles. The number of pyridine rings is 1. The maximum Gasteiger partial charge on any atom is 0.102 e. The van der Waals surface area contributed by atoms with Gasteiger partial charge in [0.1, 0.15) is 6.07 Å². The molecule has 0 spiro atoms. The van der Waals surface area contributed by atoms with Crippen molar-refractivity contribution in [3.63, 3.8) is 0 Å². The molecule has 0 atom stereocenters. The van der Waals surface area contributed by atoms with Crippen molar-refractivity contribution in [2.24, 2.45) is 0 Å². The lowest BCUT2D eigenvalue weighted by Crippen LogP contribution is -2.14. The van der Waals surface area contributed by atoms with Gasteiger partial charge in [-0.05, 0) is 44.0 Å². The first-order valence-electron chi connectivity index (χ1n) is 9.41. The Kier molecular flexibility index (Phi) is 4.38. The van der Waals surface area contributed by atoms with Crippen molar-refractivity contribution in [3.05, 3.63) is 47.7 Å². The molecule has 1 aliphatic carbocycles. The van der Waals surface area contributed by atoms with Crippen LogP contribution in [0.1, 0.15) is 49.3 Å². The van der Waals surface area contributed by atoms with Crippen LogP contribution in [-0.2, 0) is 0 Å². The highest BCUT2D eigenvalue weighted by Gasteiger charge is 2.25. The molecule has 0 radical (unpaired) electrons. The number of aryl methyl sites for hydroxylation is 1. The Morgan fingerprint density at radius 1 is 1.15 bits per heavy atom. The average Bonchev–Trinajstić information content (AvgIpc) is 3.02. The Morgan fingerprint density at radius 2 is 1.96 bits per heavy atom. The van der Waals surface area contributed by atoms with Gasteiger partial charge in [-0.15, -0.1) is 0 Å². The van der Waals surface area contributed by atoms with Gasteiger partial charge in [0, 0.05) is 18.5 Å². The Bertz CT molecular complexity index is 970. The molecule has 26 heavy (non-hydrogen) atoms. The van der Waals surface area contributed by atoms with Crippen LogP contribution < -0.4 is 5.32 Å². The fraction of sp³-hybridized carbons (Fsp3) is 0.364. The summed E-state index contributed by atoms with van der Waals surface area (Å²) in [6.07, 6.45) is 8.00. The van der Waals surface area contributed by atoms with Crippen molar-refractivity contribution in [3.8, 4) is 17.5 Å². The number of anilines is 1. The van der Waals surface area contributed by atoms with E-state index in [9.17, 15) is 5.26 Å². The third kappa shape index (κ3) is 2.74. The first-order chi connectivity index (χ1) is 12.7. The molecule has 2 aromatic heterocycles. The van der Waals surface area contributed by atoms with Gasteiger partial charge in [0.2, 0.25) is 0 Å². The summed E-state index contributed by atoms with van der Waals surface area (Å²) in [4.78, 5) is 4.67. The Morgan fingerprint density at radius 3 is 2.62 bits per heavy atom. The molecular weight excluding hydrogens is 320 g/mol. The van der Waals surface area contributed by atoms with E-state index in [1.165, 1.54) is 37.7 Å². The summed E-state index contributed by atoms with van der Waals surface area (Å²) >= 11 is 0. The van der Waals surface area contributed by atoms with Gasteiger partial charge in [-0.1, -0.05) is 30.9 Å². The zero-order valence-electron chi connectivity index (χ0n) is 15.4. The van der Waals surface area contributed by atoms with Crippen molar-refractivity contribution >= 4 is 16.6 Å². The van der Waals surface area contributed by atoms with E-state index in [0.717, 1.165) is 33.5 Å². The number of hydrogen-bond donors (Lipinski definition) is 1. The summed E-state index contributed by atoms with van der Waals surface area (Å²) in [6.45, 7) is 2.08. The van der Waals surface area contributed by atoms with Crippen LogP contribution in [0.5, 0.6) is 0 Å². The van der Waals surface area contributed by atoms with E-state index in [2.05, 4.69) is 46.1 Å². The van der Waals surface area contributed by atoms with Crippen LogP contribution in [0.2, 0.25) is 0 Å². The molecule has 1 N–H and O–H groups in total. The van der Waals surface area contributed by atoms with E-state index in [1.54, 1.807) is 0 Å². The summed E-state index contributed by atoms with van der Waals surface area (Å²) in [5.74, 6) is 0. The number of benzene rings is 1. The Labute approximate surface area is 154 Å². The van der Waals surface area contributed by atoms with Gasteiger partial charge in [-0.25, -0.2) is 0 Å². The predicted octanol–water partition coefficient (Wildman–Crippen LogP) is 5.43. The van der Waals surface area contributed by atoms with E-state index in [0.29, 0.717) is 6.04 Å². The van der Waals surface area contributed by atoms with E-state index >= 15 is 0 Å². The van der Waals surface area contributed by atoms with Crippen molar-refractivity contribution in [1.82, 2.24) is 9.55 Å². The summed E-state index contributed by atoms with van der Waals surface area (Å²) in [7, 11) is 1.89. The number of rotatable bonds is 3. The van der Waals surface area contributed by atoms with Crippen LogP contribution in [0.4, 0.5) is 5.69 Å². The number of fused-ring (bicyclic) bond motifs is 1. The summed E-state index contributed by atoms with van der Waals surface area (Å²) in [5.41, 5.74) is 5.92. The van der Waals surface area contributed by atoms with Crippen LogP contribution in [0, 0.1) is 18.3 Å². The van der Waals surface area contributed by atoms with Gasteiger partial charge in [0.15, 0.2) is 0 Å². The SMILES string of the molecule is CNc1ccc(-c2c(C#N)c3cc(C)ccc3n2C2CCCCC2)nc1. The smallest absolute Gasteiger partial charge is 0.102 e. The monoisotopic (exact) mass is 344 g/mol. The molecule has 0 unspecified atom stereocenters. The maximum atomic E-state index is 9.98. The molecule has 4 heteroatoms. The Balaban J connectivity index is 2.00. The van der Waals surface area contributed by atoms with Crippen LogP contribution >= 0.6 is 0 Å². The molecule has 1 saturated carbocycles. The minimum atomic E-state index is 0.442. The number of nitrogens with zero attached hydrogens (tertiary/aromatic N) is 3. The highest BCUT2D eigenvalue weighted by molar-refractivity contribution is 5.94. The number of nitrogens with one attached hydrogen (secondary N) is 1. The second-order valence-electron chi connectivity index (χ2n) is 7.20. The zero-order valence-corrected chi connectivity index (χ0v) is 15.4. The molecule has 132 valence electrons. The van der Waals surface area contributed by atoms with Gasteiger partial charge in [0.05, 0.1) is 34.4 Å². The average molecular weight is 344 g/mol. The highest BCUT2D eigenvalue weighted by atomic mass is 15.0. The quantitative estimate of drug-likeness (QED) is 0.689. The first kappa shape index (κ1) is 16.7. The lowest BCUT2D eigenvalue weighted by Gasteiger charge is -2.26. The molecular formula is C22H24N4. The fourth-order valence-electron chi connectivity index (χ4n) is 4.19. The number of aromatic nitrogens is 2. The molecule has 1 aromatic carbocycles. The van der Waals surface area contributed by atoms with Crippen LogP contribution in [0.3, 0.4) is 0 Å². The topological polar surface area (TPSA) is 53.6 Å². The molecule has 0 aliphatic heterocycles. The van der Waals surface area contributed by atoms with Gasteiger partial charge < -0.3 is 9.88 Å². The van der Waals surface area contributed by atoms with Crippen molar-refractivity contribution in [1.29, 1.82) is 5.26 Å². The van der Waals surface area contributed by atoms with Gasteiger partial charge in [0.25, 0.3) is 0 Å². The Hall–Kier alpha value is -2.80. The van der Waals surface area contributed by atoms with Gasteiger partial charge in [-0.3, -0.25) is 4.98 Å². The lowest BCUT2D eigenvalue weighted by atomic mass is 9.95. The van der Waals surface area contributed by atoms with Gasteiger partial charge >= 0.3 is 0 Å². The van der Waals surface area contributed by atoms with Crippen LogP contribution in [-0.4, -0.2) is 16.6 Å². The third-order valence-corrected chi connectivity index (χ3v) is 5.51. The fourth-order valence-corrected chi connectivity index (χ4v) is 4.19.